The number of aliphatic hydroxyl groups excluding tert-OH is 1. The fourth-order valence-electron chi connectivity index (χ4n) is 3.29. The number of sulfone groups is 1. The number of nitrogens with one attached hydrogen (secondary N) is 1. The molecule has 6 heteroatoms. The molecule has 0 bridgehead atoms. The van der Waals surface area contributed by atoms with Gasteiger partial charge in [-0.3, -0.25) is 0 Å². The van der Waals surface area contributed by atoms with E-state index in [0.29, 0.717) is 5.82 Å². The lowest BCUT2D eigenvalue weighted by Crippen LogP contribution is -1.96. The maximum Gasteiger partial charge on any atom is 0.175 e. The molecule has 4 aromatic rings. The lowest BCUT2D eigenvalue weighted by molar-refractivity contribution is 0.200. The standard InChI is InChI=1S/C22H20N2O3S/c1-14(25)18-5-3-4-6-19(18)16-9-12-20-21(13-16)24-22(23-20)15-7-10-17(11-8-15)28(2,26)27/h3-14,25H,1-2H3,(H,23,24). The van der Waals surface area contributed by atoms with Crippen LogP contribution in [0.2, 0.25) is 0 Å². The summed E-state index contributed by atoms with van der Waals surface area (Å²) in [5.41, 5.74) is 5.33. The second-order valence-corrected chi connectivity index (χ2v) is 8.89. The minimum Gasteiger partial charge on any atom is -0.389 e. The third-order valence-corrected chi connectivity index (χ3v) is 5.89. The molecule has 5 nitrogen and oxygen atoms in total. The van der Waals surface area contributed by atoms with E-state index in [1.54, 1.807) is 31.2 Å². The van der Waals surface area contributed by atoms with E-state index < -0.39 is 15.9 Å². The molecule has 0 amide bonds. The Kier molecular flexibility index (Phi) is 4.53. The molecule has 28 heavy (non-hydrogen) atoms. The lowest BCUT2D eigenvalue weighted by Gasteiger charge is -2.11. The van der Waals surface area contributed by atoms with Gasteiger partial charge in [-0.1, -0.05) is 30.3 Å². The summed E-state index contributed by atoms with van der Waals surface area (Å²) in [6, 6.07) is 20.4. The smallest absolute Gasteiger partial charge is 0.175 e. The Balaban J connectivity index is 1.75. The molecule has 4 rings (SSSR count). The molecule has 0 aliphatic heterocycles. The molecule has 1 atom stereocenters. The summed E-state index contributed by atoms with van der Waals surface area (Å²) < 4.78 is 23.3. The van der Waals surface area contributed by atoms with Crippen molar-refractivity contribution in [2.45, 2.75) is 17.9 Å². The van der Waals surface area contributed by atoms with E-state index in [1.165, 1.54) is 6.26 Å². The SMILES string of the molecule is CC(O)c1ccccc1-c1ccc2[nH]c(-c3ccc(S(C)(=O)=O)cc3)nc2c1. The van der Waals surface area contributed by atoms with Crippen molar-refractivity contribution in [1.29, 1.82) is 0 Å². The van der Waals surface area contributed by atoms with Gasteiger partial charge < -0.3 is 10.1 Å². The first-order valence-electron chi connectivity index (χ1n) is 8.90. The molecule has 1 heterocycles. The van der Waals surface area contributed by atoms with Crippen LogP contribution in [0.25, 0.3) is 33.5 Å². The summed E-state index contributed by atoms with van der Waals surface area (Å²) in [6.07, 6.45) is 0.630. The van der Waals surface area contributed by atoms with Crippen molar-refractivity contribution in [3.8, 4) is 22.5 Å². The van der Waals surface area contributed by atoms with Crippen LogP contribution in [0.3, 0.4) is 0 Å². The molecule has 1 unspecified atom stereocenters. The van der Waals surface area contributed by atoms with Crippen molar-refractivity contribution >= 4 is 20.9 Å². The van der Waals surface area contributed by atoms with Crippen LogP contribution in [-0.4, -0.2) is 29.7 Å². The number of H-pyrrole nitrogens is 1. The second kappa shape index (κ2) is 6.89. The molecule has 3 aromatic carbocycles. The van der Waals surface area contributed by atoms with Crippen LogP contribution < -0.4 is 0 Å². The first-order chi connectivity index (χ1) is 13.3. The summed E-state index contributed by atoms with van der Waals surface area (Å²) >= 11 is 0. The molecule has 0 saturated carbocycles. The van der Waals surface area contributed by atoms with E-state index in [-0.39, 0.29) is 4.90 Å². The van der Waals surface area contributed by atoms with E-state index in [4.69, 9.17) is 0 Å². The normalized spacial score (nSPS) is 13.0. The molecular formula is C22H20N2O3S. The first-order valence-corrected chi connectivity index (χ1v) is 10.8. The molecule has 0 saturated heterocycles. The Hall–Kier alpha value is -2.96. The lowest BCUT2D eigenvalue weighted by atomic mass is 9.96. The van der Waals surface area contributed by atoms with Crippen molar-refractivity contribution < 1.29 is 13.5 Å². The van der Waals surface area contributed by atoms with Crippen LogP contribution >= 0.6 is 0 Å². The van der Waals surface area contributed by atoms with Gasteiger partial charge in [0, 0.05) is 11.8 Å². The summed E-state index contributed by atoms with van der Waals surface area (Å²) in [5.74, 6) is 0.677. The Bertz CT molecular complexity index is 1260. The van der Waals surface area contributed by atoms with Gasteiger partial charge >= 0.3 is 0 Å². The second-order valence-electron chi connectivity index (χ2n) is 6.88. The highest BCUT2D eigenvalue weighted by atomic mass is 32.2. The van der Waals surface area contributed by atoms with E-state index in [1.807, 2.05) is 42.5 Å². The molecular weight excluding hydrogens is 372 g/mol. The van der Waals surface area contributed by atoms with Crippen molar-refractivity contribution in [3.05, 3.63) is 72.3 Å². The van der Waals surface area contributed by atoms with Crippen LogP contribution in [-0.2, 0) is 9.84 Å². The quantitative estimate of drug-likeness (QED) is 0.541. The summed E-state index contributed by atoms with van der Waals surface area (Å²) in [6.45, 7) is 1.75. The number of hydrogen-bond acceptors (Lipinski definition) is 4. The van der Waals surface area contributed by atoms with Crippen LogP contribution in [0.1, 0.15) is 18.6 Å². The number of imidazole rings is 1. The number of rotatable bonds is 4. The monoisotopic (exact) mass is 392 g/mol. The molecule has 0 spiro atoms. The first kappa shape index (κ1) is 18.4. The van der Waals surface area contributed by atoms with Crippen molar-refractivity contribution in [2.75, 3.05) is 6.26 Å². The maximum absolute atomic E-state index is 11.6. The van der Waals surface area contributed by atoms with E-state index >= 15 is 0 Å². The topological polar surface area (TPSA) is 83.0 Å². The highest BCUT2D eigenvalue weighted by Gasteiger charge is 2.12. The van der Waals surface area contributed by atoms with E-state index in [2.05, 4.69) is 9.97 Å². The molecule has 2 N–H and O–H groups in total. The minimum atomic E-state index is -3.22. The van der Waals surface area contributed by atoms with Crippen LogP contribution in [0.5, 0.6) is 0 Å². The number of aliphatic hydroxyl groups is 1. The van der Waals surface area contributed by atoms with Gasteiger partial charge in [-0.15, -0.1) is 0 Å². The molecule has 0 fully saturated rings. The number of hydrogen-bond donors (Lipinski definition) is 2. The minimum absolute atomic E-state index is 0.282. The van der Waals surface area contributed by atoms with Crippen molar-refractivity contribution in [1.82, 2.24) is 9.97 Å². The highest BCUT2D eigenvalue weighted by molar-refractivity contribution is 7.90. The average molecular weight is 392 g/mol. The maximum atomic E-state index is 11.6. The van der Waals surface area contributed by atoms with Crippen LogP contribution in [0.15, 0.2) is 71.6 Å². The zero-order chi connectivity index (χ0) is 19.9. The Morgan fingerprint density at radius 3 is 2.32 bits per heavy atom. The van der Waals surface area contributed by atoms with Gasteiger partial charge in [0.05, 0.1) is 22.0 Å². The molecule has 0 radical (unpaired) electrons. The van der Waals surface area contributed by atoms with Crippen molar-refractivity contribution in [3.63, 3.8) is 0 Å². The number of aromatic nitrogens is 2. The predicted octanol–water partition coefficient (Wildman–Crippen LogP) is 4.35. The number of benzene rings is 3. The Morgan fingerprint density at radius 1 is 0.964 bits per heavy atom. The van der Waals surface area contributed by atoms with Gasteiger partial charge in [0.2, 0.25) is 0 Å². The van der Waals surface area contributed by atoms with Gasteiger partial charge in [-0.05, 0) is 60.0 Å². The highest BCUT2D eigenvalue weighted by Crippen LogP contribution is 2.31. The van der Waals surface area contributed by atoms with Crippen LogP contribution in [0.4, 0.5) is 0 Å². The summed E-state index contributed by atoms with van der Waals surface area (Å²) in [4.78, 5) is 8.23. The summed E-state index contributed by atoms with van der Waals surface area (Å²) in [5, 5.41) is 10.0. The zero-order valence-electron chi connectivity index (χ0n) is 15.5. The largest absolute Gasteiger partial charge is 0.389 e. The number of aromatic amines is 1. The van der Waals surface area contributed by atoms with Gasteiger partial charge in [0.1, 0.15) is 5.82 Å². The molecule has 0 aliphatic rings. The van der Waals surface area contributed by atoms with Crippen molar-refractivity contribution in [2.24, 2.45) is 0 Å². The van der Waals surface area contributed by atoms with E-state index in [0.717, 1.165) is 33.3 Å². The third kappa shape index (κ3) is 3.44. The van der Waals surface area contributed by atoms with Gasteiger partial charge in [0.15, 0.2) is 9.84 Å². The van der Waals surface area contributed by atoms with Gasteiger partial charge in [0.25, 0.3) is 0 Å². The predicted molar refractivity (Wildman–Crippen MR) is 111 cm³/mol. The van der Waals surface area contributed by atoms with E-state index in [9.17, 15) is 13.5 Å². The molecule has 0 aliphatic carbocycles. The number of nitrogens with zero attached hydrogens (tertiary/aromatic N) is 1. The van der Waals surface area contributed by atoms with Crippen LogP contribution in [0, 0.1) is 0 Å². The number of fused-ring (bicyclic) bond motifs is 1. The molecule has 1 aromatic heterocycles. The summed E-state index contributed by atoms with van der Waals surface area (Å²) in [7, 11) is -3.22. The average Bonchev–Trinajstić information content (AvgIpc) is 3.10. The fraction of sp³-hybridized carbons (Fsp3) is 0.136. The Morgan fingerprint density at radius 2 is 1.64 bits per heavy atom. The molecule has 142 valence electrons. The zero-order valence-corrected chi connectivity index (χ0v) is 16.4. The van der Waals surface area contributed by atoms with Gasteiger partial charge in [-0.2, -0.15) is 0 Å². The fourth-order valence-corrected chi connectivity index (χ4v) is 3.92. The third-order valence-electron chi connectivity index (χ3n) is 4.76. The van der Waals surface area contributed by atoms with Gasteiger partial charge in [-0.25, -0.2) is 13.4 Å². The Labute approximate surface area is 163 Å².